The average molecular weight is 281 g/mol. The molecule has 0 unspecified atom stereocenters. The topological polar surface area (TPSA) is 37.8 Å². The van der Waals surface area contributed by atoms with Crippen molar-refractivity contribution in [2.45, 2.75) is 13.8 Å². The van der Waals surface area contributed by atoms with Crippen molar-refractivity contribution in [3.63, 3.8) is 0 Å². The Morgan fingerprint density at radius 2 is 1.90 bits per heavy atom. The molecule has 0 saturated heterocycles. The molecule has 0 fully saturated rings. The molecule has 0 atom stereocenters. The van der Waals surface area contributed by atoms with Gasteiger partial charge < -0.3 is 5.32 Å². The van der Waals surface area contributed by atoms with E-state index in [2.05, 4.69) is 15.3 Å². The average Bonchev–Trinajstić information content (AvgIpc) is 2.47. The summed E-state index contributed by atoms with van der Waals surface area (Å²) < 4.78 is 14.2. The molecular formula is C17H16FN3. The SMILES string of the molecule is CCNc1nc(-c2ccc(C)cc2F)nc2ccccc12. The largest absolute Gasteiger partial charge is 0.370 e. The maximum absolute atomic E-state index is 14.2. The number of hydrogen-bond donors (Lipinski definition) is 1. The Morgan fingerprint density at radius 1 is 1.10 bits per heavy atom. The molecule has 0 spiro atoms. The third-order valence-electron chi connectivity index (χ3n) is 3.31. The van der Waals surface area contributed by atoms with Crippen LogP contribution < -0.4 is 5.32 Å². The van der Waals surface area contributed by atoms with Crippen molar-refractivity contribution in [2.24, 2.45) is 0 Å². The van der Waals surface area contributed by atoms with E-state index in [-0.39, 0.29) is 5.82 Å². The van der Waals surface area contributed by atoms with Gasteiger partial charge >= 0.3 is 0 Å². The van der Waals surface area contributed by atoms with Crippen LogP contribution in [0.2, 0.25) is 0 Å². The molecule has 0 radical (unpaired) electrons. The fourth-order valence-electron chi connectivity index (χ4n) is 2.30. The highest BCUT2D eigenvalue weighted by Gasteiger charge is 2.12. The van der Waals surface area contributed by atoms with Crippen molar-refractivity contribution in [3.8, 4) is 11.4 Å². The number of hydrogen-bond acceptors (Lipinski definition) is 3. The molecule has 0 aliphatic carbocycles. The van der Waals surface area contributed by atoms with Crippen LogP contribution in [0.3, 0.4) is 0 Å². The van der Waals surface area contributed by atoms with Crippen LogP contribution in [0.1, 0.15) is 12.5 Å². The summed E-state index contributed by atoms with van der Waals surface area (Å²) in [6.07, 6.45) is 0. The zero-order valence-electron chi connectivity index (χ0n) is 12.0. The molecule has 1 N–H and O–H groups in total. The van der Waals surface area contributed by atoms with Gasteiger partial charge in [-0.2, -0.15) is 0 Å². The molecular weight excluding hydrogens is 265 g/mol. The van der Waals surface area contributed by atoms with Crippen LogP contribution in [-0.2, 0) is 0 Å². The van der Waals surface area contributed by atoms with Crippen molar-refractivity contribution in [1.29, 1.82) is 0 Å². The Morgan fingerprint density at radius 3 is 2.67 bits per heavy atom. The highest BCUT2D eigenvalue weighted by atomic mass is 19.1. The highest BCUT2D eigenvalue weighted by Crippen LogP contribution is 2.26. The molecule has 3 aromatic rings. The number of rotatable bonds is 3. The van der Waals surface area contributed by atoms with Gasteiger partial charge in [-0.05, 0) is 43.7 Å². The van der Waals surface area contributed by atoms with Gasteiger partial charge in [0.1, 0.15) is 11.6 Å². The first-order valence-corrected chi connectivity index (χ1v) is 6.96. The summed E-state index contributed by atoms with van der Waals surface area (Å²) >= 11 is 0. The summed E-state index contributed by atoms with van der Waals surface area (Å²) in [4.78, 5) is 8.98. The Hall–Kier alpha value is -2.49. The second-order valence-electron chi connectivity index (χ2n) is 4.93. The second kappa shape index (κ2) is 5.48. The zero-order chi connectivity index (χ0) is 14.8. The lowest BCUT2D eigenvalue weighted by atomic mass is 10.1. The first-order valence-electron chi connectivity index (χ1n) is 6.96. The third kappa shape index (κ3) is 2.57. The van der Waals surface area contributed by atoms with E-state index in [0.717, 1.165) is 28.8 Å². The molecule has 4 heteroatoms. The van der Waals surface area contributed by atoms with Crippen LogP contribution in [0.25, 0.3) is 22.3 Å². The smallest absolute Gasteiger partial charge is 0.165 e. The van der Waals surface area contributed by atoms with Crippen LogP contribution in [-0.4, -0.2) is 16.5 Å². The normalized spacial score (nSPS) is 10.8. The number of aryl methyl sites for hydroxylation is 1. The Labute approximate surface area is 122 Å². The van der Waals surface area contributed by atoms with Gasteiger partial charge in [0.25, 0.3) is 0 Å². The molecule has 0 aliphatic rings. The van der Waals surface area contributed by atoms with Gasteiger partial charge in [-0.25, -0.2) is 14.4 Å². The molecule has 1 aromatic heterocycles. The molecule has 0 amide bonds. The monoisotopic (exact) mass is 281 g/mol. The lowest BCUT2D eigenvalue weighted by molar-refractivity contribution is 0.629. The standard InChI is InChI=1S/C17H16FN3/c1-3-19-16-13-6-4-5-7-15(13)20-17(21-16)12-9-8-11(2)10-14(12)18/h4-10H,3H2,1-2H3,(H,19,20,21). The van der Waals surface area contributed by atoms with Crippen molar-refractivity contribution >= 4 is 16.7 Å². The van der Waals surface area contributed by atoms with Crippen molar-refractivity contribution in [1.82, 2.24) is 9.97 Å². The summed E-state index contributed by atoms with van der Waals surface area (Å²) in [6, 6.07) is 12.8. The molecule has 1 heterocycles. The summed E-state index contributed by atoms with van der Waals surface area (Å²) in [5, 5.41) is 4.16. The Bertz CT molecular complexity index is 799. The van der Waals surface area contributed by atoms with Gasteiger partial charge in [-0.1, -0.05) is 18.2 Å². The number of anilines is 1. The lowest BCUT2D eigenvalue weighted by Gasteiger charge is -2.10. The zero-order valence-corrected chi connectivity index (χ0v) is 12.0. The third-order valence-corrected chi connectivity index (χ3v) is 3.31. The summed E-state index contributed by atoms with van der Waals surface area (Å²) in [5.74, 6) is 0.841. The van der Waals surface area contributed by atoms with Gasteiger partial charge in [0.15, 0.2) is 5.82 Å². The number of aromatic nitrogens is 2. The van der Waals surface area contributed by atoms with E-state index in [9.17, 15) is 4.39 Å². The quantitative estimate of drug-likeness (QED) is 0.782. The minimum atomic E-state index is -0.298. The maximum atomic E-state index is 14.2. The van der Waals surface area contributed by atoms with Crippen LogP contribution in [0, 0.1) is 12.7 Å². The van der Waals surface area contributed by atoms with Gasteiger partial charge in [0.05, 0.1) is 11.1 Å². The molecule has 106 valence electrons. The van der Waals surface area contributed by atoms with E-state index in [1.165, 1.54) is 6.07 Å². The number of nitrogens with one attached hydrogen (secondary N) is 1. The fraction of sp³-hybridized carbons (Fsp3) is 0.176. The molecule has 2 aromatic carbocycles. The van der Waals surface area contributed by atoms with E-state index in [4.69, 9.17) is 0 Å². The van der Waals surface area contributed by atoms with Crippen molar-refractivity contribution < 1.29 is 4.39 Å². The second-order valence-corrected chi connectivity index (χ2v) is 4.93. The first-order chi connectivity index (χ1) is 10.2. The van der Waals surface area contributed by atoms with Gasteiger partial charge in [-0.15, -0.1) is 0 Å². The number of fused-ring (bicyclic) bond motifs is 1. The minimum Gasteiger partial charge on any atom is -0.370 e. The van der Waals surface area contributed by atoms with Crippen molar-refractivity contribution in [2.75, 3.05) is 11.9 Å². The number of halogens is 1. The number of benzene rings is 2. The minimum absolute atomic E-state index is 0.298. The maximum Gasteiger partial charge on any atom is 0.165 e. The van der Waals surface area contributed by atoms with E-state index >= 15 is 0 Å². The molecule has 3 nitrogen and oxygen atoms in total. The molecule has 0 aliphatic heterocycles. The number of para-hydroxylation sites is 1. The Kier molecular flexibility index (Phi) is 3.52. The van der Waals surface area contributed by atoms with E-state index < -0.39 is 0 Å². The van der Waals surface area contributed by atoms with Gasteiger partial charge in [-0.3, -0.25) is 0 Å². The summed E-state index contributed by atoms with van der Waals surface area (Å²) in [7, 11) is 0. The van der Waals surface area contributed by atoms with Gasteiger partial charge in [0, 0.05) is 11.9 Å². The summed E-state index contributed by atoms with van der Waals surface area (Å²) in [5.41, 5.74) is 2.10. The van der Waals surface area contributed by atoms with Crippen LogP contribution in [0.5, 0.6) is 0 Å². The van der Waals surface area contributed by atoms with E-state index in [0.29, 0.717) is 11.4 Å². The van der Waals surface area contributed by atoms with Crippen LogP contribution in [0.4, 0.5) is 10.2 Å². The van der Waals surface area contributed by atoms with E-state index in [1.807, 2.05) is 44.2 Å². The molecule has 3 rings (SSSR count). The molecule has 0 saturated carbocycles. The van der Waals surface area contributed by atoms with Crippen molar-refractivity contribution in [3.05, 3.63) is 53.8 Å². The highest BCUT2D eigenvalue weighted by molar-refractivity contribution is 5.90. The first kappa shape index (κ1) is 13.5. The summed E-state index contributed by atoms with van der Waals surface area (Å²) in [6.45, 7) is 4.61. The Balaban J connectivity index is 2.23. The fourth-order valence-corrected chi connectivity index (χ4v) is 2.30. The number of nitrogens with zero attached hydrogens (tertiary/aromatic N) is 2. The van der Waals surface area contributed by atoms with Crippen LogP contribution >= 0.6 is 0 Å². The molecule has 0 bridgehead atoms. The lowest BCUT2D eigenvalue weighted by Crippen LogP contribution is -2.03. The van der Waals surface area contributed by atoms with Gasteiger partial charge in [0.2, 0.25) is 0 Å². The molecule has 21 heavy (non-hydrogen) atoms. The predicted octanol–water partition coefficient (Wildman–Crippen LogP) is 4.18. The predicted molar refractivity (Wildman–Crippen MR) is 83.8 cm³/mol. The van der Waals surface area contributed by atoms with Crippen LogP contribution in [0.15, 0.2) is 42.5 Å². The van der Waals surface area contributed by atoms with E-state index in [1.54, 1.807) is 6.07 Å².